The Morgan fingerprint density at radius 2 is 1.83 bits per heavy atom. The van der Waals surface area contributed by atoms with Crippen molar-refractivity contribution in [2.45, 2.75) is 52.1 Å². The highest BCUT2D eigenvalue weighted by molar-refractivity contribution is 9.10. The predicted octanol–water partition coefficient (Wildman–Crippen LogP) is 8.11. The zero-order chi connectivity index (χ0) is 30.7. The van der Waals surface area contributed by atoms with Crippen LogP contribution in [0.4, 0.5) is 24.0 Å². The summed E-state index contributed by atoms with van der Waals surface area (Å²) in [6.07, 6.45) is -0.369. The van der Waals surface area contributed by atoms with Crippen molar-refractivity contribution in [3.05, 3.63) is 93.4 Å². The Morgan fingerprint density at radius 3 is 2.48 bits per heavy atom. The quantitative estimate of drug-likeness (QED) is 0.227. The first-order chi connectivity index (χ1) is 20.1. The average molecular weight is 667 g/mol. The molecule has 7 nitrogen and oxygen atoms in total. The number of carbonyl (C=O) groups excluding carboxylic acids is 1. The number of halogens is 4. The molecule has 3 aromatic rings. The van der Waals surface area contributed by atoms with Crippen molar-refractivity contribution in [2.75, 3.05) is 11.4 Å². The number of nitrogens with one attached hydrogen (secondary N) is 1. The lowest BCUT2D eigenvalue weighted by atomic mass is 10.1. The van der Waals surface area contributed by atoms with E-state index in [-0.39, 0.29) is 25.3 Å². The Labute approximate surface area is 254 Å². The topological polar surface area (TPSA) is 91.8 Å². The van der Waals surface area contributed by atoms with Gasteiger partial charge >= 0.3 is 12.3 Å². The molecule has 0 aliphatic heterocycles. The fourth-order valence-electron chi connectivity index (χ4n) is 3.98. The van der Waals surface area contributed by atoms with Gasteiger partial charge in [0.25, 0.3) is 5.91 Å². The van der Waals surface area contributed by atoms with Crippen LogP contribution in [0.25, 0.3) is 5.57 Å². The number of carboxylic acid groups (broad SMARTS) is 1. The van der Waals surface area contributed by atoms with Crippen LogP contribution in [0.1, 0.15) is 54.7 Å². The third kappa shape index (κ3) is 10.1. The first kappa shape index (κ1) is 33.0. The Balaban J connectivity index is 0.00000237. The van der Waals surface area contributed by atoms with Crippen LogP contribution in [0, 0.1) is 0 Å². The van der Waals surface area contributed by atoms with Crippen LogP contribution in [0.5, 0.6) is 0 Å². The van der Waals surface area contributed by atoms with Gasteiger partial charge < -0.3 is 15.3 Å². The van der Waals surface area contributed by atoms with E-state index in [1.165, 1.54) is 17.4 Å². The van der Waals surface area contributed by atoms with Gasteiger partial charge in [-0.25, -0.2) is 4.98 Å². The monoisotopic (exact) mass is 665 g/mol. The molecule has 0 spiro atoms. The minimum Gasteiger partial charge on any atom is -0.481 e. The normalized spacial score (nSPS) is 14.7. The number of carboxylic acids is 1. The van der Waals surface area contributed by atoms with E-state index in [9.17, 15) is 22.8 Å². The van der Waals surface area contributed by atoms with E-state index in [4.69, 9.17) is 10.1 Å². The second kappa shape index (κ2) is 15.7. The van der Waals surface area contributed by atoms with Crippen molar-refractivity contribution in [3.8, 4) is 0 Å². The summed E-state index contributed by atoms with van der Waals surface area (Å²) in [6, 6.07) is 14.7. The van der Waals surface area contributed by atoms with Gasteiger partial charge in [-0.3, -0.25) is 14.3 Å². The number of anilines is 2. The van der Waals surface area contributed by atoms with Gasteiger partial charge in [-0.15, -0.1) is 24.5 Å². The highest BCUT2D eigenvalue weighted by Crippen LogP contribution is 2.34. The number of ether oxygens (including phenoxy) is 1. The summed E-state index contributed by atoms with van der Waals surface area (Å²) in [5.74, 6) is -1.34. The number of nitrogens with zero attached hydrogens (tertiary/aromatic N) is 2. The number of carbonyl (C=O) groups is 2. The molecule has 12 heteroatoms. The highest BCUT2D eigenvalue weighted by Gasteiger charge is 2.32. The molecule has 224 valence electrons. The molecule has 0 saturated carbocycles. The summed E-state index contributed by atoms with van der Waals surface area (Å²) in [5.41, 5.74) is 3.58. The number of alkyl halides is 3. The van der Waals surface area contributed by atoms with Crippen molar-refractivity contribution in [2.24, 2.45) is 0 Å². The molecule has 1 atom stereocenters. The summed E-state index contributed by atoms with van der Waals surface area (Å²) < 4.78 is 43.1. The molecule has 0 bridgehead atoms. The van der Waals surface area contributed by atoms with Crippen LogP contribution in [0.3, 0.4) is 0 Å². The number of aliphatic carboxylic acids is 1. The molecule has 2 aromatic carbocycles. The van der Waals surface area contributed by atoms with Crippen molar-refractivity contribution in [1.29, 1.82) is 0 Å². The van der Waals surface area contributed by atoms with Crippen LogP contribution >= 0.6 is 27.3 Å². The van der Waals surface area contributed by atoms with Gasteiger partial charge in [-0.2, -0.15) is 0 Å². The van der Waals surface area contributed by atoms with Crippen molar-refractivity contribution < 1.29 is 32.6 Å². The van der Waals surface area contributed by atoms with Crippen molar-refractivity contribution >= 4 is 55.5 Å². The molecule has 1 aromatic heterocycles. The minimum absolute atomic E-state index is 0.0429. The van der Waals surface area contributed by atoms with E-state index in [0.717, 1.165) is 21.3 Å². The van der Waals surface area contributed by atoms with Gasteiger partial charge in [-0.05, 0) is 60.4 Å². The minimum atomic E-state index is -4.69. The lowest BCUT2D eigenvalue weighted by Crippen LogP contribution is -2.26. The fraction of sp³-hybridized carbons (Fsp3) is 0.300. The molecule has 2 N–H and O–H groups in total. The molecule has 1 aliphatic rings. The van der Waals surface area contributed by atoms with Gasteiger partial charge in [0.2, 0.25) is 0 Å². The molecule has 0 saturated heterocycles. The molecule has 1 amide bonds. The number of rotatable bonds is 10. The largest absolute Gasteiger partial charge is 0.523 e. The Kier molecular flexibility index (Phi) is 12.3. The van der Waals surface area contributed by atoms with E-state index >= 15 is 0 Å². The molecule has 42 heavy (non-hydrogen) atoms. The van der Waals surface area contributed by atoms with Crippen LogP contribution < -0.4 is 10.2 Å². The lowest BCUT2D eigenvalue weighted by molar-refractivity contribution is -0.336. The third-order valence-corrected chi connectivity index (χ3v) is 7.32. The molecule has 4 rings (SSSR count). The van der Waals surface area contributed by atoms with Gasteiger partial charge in [0.15, 0.2) is 5.13 Å². The Morgan fingerprint density at radius 1 is 1.14 bits per heavy atom. The lowest BCUT2D eigenvalue weighted by Gasteiger charge is -2.22. The van der Waals surface area contributed by atoms with Crippen LogP contribution in [0.15, 0.2) is 76.6 Å². The molecule has 0 radical (unpaired) electrons. The van der Waals surface area contributed by atoms with E-state index < -0.39 is 18.4 Å². The predicted molar refractivity (Wildman–Crippen MR) is 162 cm³/mol. The van der Waals surface area contributed by atoms with Gasteiger partial charge in [-0.1, -0.05) is 60.1 Å². The fourth-order valence-corrected chi connectivity index (χ4v) is 5.10. The maximum absolute atomic E-state index is 12.7. The summed E-state index contributed by atoms with van der Waals surface area (Å²) in [4.78, 5) is 29.8. The maximum Gasteiger partial charge on any atom is 0.523 e. The molecule has 1 heterocycles. The smallest absolute Gasteiger partial charge is 0.481 e. The number of hydrogen-bond donors (Lipinski definition) is 2. The summed E-state index contributed by atoms with van der Waals surface area (Å²) in [5, 5.41) is 13.9. The average Bonchev–Trinajstić information content (AvgIpc) is 3.33. The van der Waals surface area contributed by atoms with E-state index in [1.54, 1.807) is 18.2 Å². The molecular formula is C30H31BrF3N3O4S. The van der Waals surface area contributed by atoms with Crippen LogP contribution in [0.2, 0.25) is 0 Å². The van der Waals surface area contributed by atoms with Crippen molar-refractivity contribution in [3.63, 3.8) is 0 Å². The standard InChI is InChI=1S/C28H25BrF3N3O4S.C2H6/c29-21-9-11-22(12-10-21)35(16-18-4-6-20(7-5-18)26(38)33-15-14-25(36)37)27-34-24(17-40-27)19-2-1-3-23(13-8-19)39-28(30,31)32;1-2/h2,4-13,17,23H,1,3,14-16H2,(H,33,38)(H,36,37);1-2H3. The number of amides is 1. The van der Waals surface area contributed by atoms with E-state index in [2.05, 4.69) is 26.0 Å². The second-order valence-corrected chi connectivity index (χ2v) is 10.6. The molecular weight excluding hydrogens is 635 g/mol. The maximum atomic E-state index is 12.7. The van der Waals surface area contributed by atoms with Crippen molar-refractivity contribution in [1.82, 2.24) is 10.3 Å². The number of thiazole rings is 1. The SMILES string of the molecule is CC.O=C(O)CCNC(=O)c1ccc(CN(c2ccc(Br)cc2)c2nc(C3=CCCC(OC(F)(F)F)C=C3)cs2)cc1. The van der Waals surface area contributed by atoms with Gasteiger partial charge in [0.1, 0.15) is 0 Å². The summed E-state index contributed by atoms with van der Waals surface area (Å²) in [6.45, 7) is 4.48. The highest BCUT2D eigenvalue weighted by atomic mass is 79.9. The van der Waals surface area contributed by atoms with Crippen LogP contribution in [-0.4, -0.2) is 41.0 Å². The Bertz CT molecular complexity index is 1390. The third-order valence-electron chi connectivity index (χ3n) is 5.93. The zero-order valence-corrected chi connectivity index (χ0v) is 25.4. The van der Waals surface area contributed by atoms with Gasteiger partial charge in [0.05, 0.1) is 24.8 Å². The van der Waals surface area contributed by atoms with E-state index in [0.29, 0.717) is 29.4 Å². The first-order valence-electron chi connectivity index (χ1n) is 13.3. The first-order valence-corrected chi connectivity index (χ1v) is 15.0. The summed E-state index contributed by atoms with van der Waals surface area (Å²) in [7, 11) is 0. The van der Waals surface area contributed by atoms with E-state index in [1.807, 2.05) is 66.6 Å². The molecule has 1 aliphatic carbocycles. The number of aromatic nitrogens is 1. The zero-order valence-electron chi connectivity index (χ0n) is 23.0. The summed E-state index contributed by atoms with van der Waals surface area (Å²) >= 11 is 4.87. The number of allylic oxidation sites excluding steroid dienone is 3. The number of hydrogen-bond acceptors (Lipinski definition) is 6. The van der Waals surface area contributed by atoms with Crippen LogP contribution in [-0.2, 0) is 16.1 Å². The number of benzene rings is 2. The molecule has 0 fully saturated rings. The molecule has 1 unspecified atom stereocenters. The van der Waals surface area contributed by atoms with Gasteiger partial charge in [0, 0.05) is 27.6 Å². The Hall–Kier alpha value is -3.48. The second-order valence-electron chi connectivity index (χ2n) is 8.87.